The predicted octanol–water partition coefficient (Wildman–Crippen LogP) is 2.17. The number of benzene rings is 1. The summed E-state index contributed by atoms with van der Waals surface area (Å²) in [4.78, 5) is 26.5. The summed E-state index contributed by atoms with van der Waals surface area (Å²) in [5, 5.41) is 0.403. The van der Waals surface area contributed by atoms with Gasteiger partial charge in [0, 0.05) is 0 Å². The van der Waals surface area contributed by atoms with Gasteiger partial charge in [-0.1, -0.05) is 35.9 Å². The number of nitrogens with zero attached hydrogens (tertiary/aromatic N) is 1. The molecule has 3 heterocycles. The minimum Gasteiger partial charge on any atom is -0.362 e. The molecule has 20 heavy (non-hydrogen) atoms. The summed E-state index contributed by atoms with van der Waals surface area (Å²) in [6.45, 7) is 1.86. The maximum atomic E-state index is 12.7. The number of rotatable bonds is 1. The first-order valence-corrected chi connectivity index (χ1v) is 6.90. The Balaban J connectivity index is 1.82. The number of fused-ring (bicyclic) bond motifs is 5. The van der Waals surface area contributed by atoms with E-state index in [9.17, 15) is 9.59 Å². The highest BCUT2D eigenvalue weighted by molar-refractivity contribution is 6.36. The summed E-state index contributed by atoms with van der Waals surface area (Å²) in [7, 11) is 0. The van der Waals surface area contributed by atoms with Crippen LogP contribution in [0.1, 0.15) is 6.92 Å². The van der Waals surface area contributed by atoms with Crippen molar-refractivity contribution in [3.63, 3.8) is 0 Å². The number of hydrogen-bond donors (Lipinski definition) is 0. The second-order valence-electron chi connectivity index (χ2n) is 5.59. The van der Waals surface area contributed by atoms with Crippen LogP contribution in [0.25, 0.3) is 0 Å². The predicted molar refractivity (Wildman–Crippen MR) is 73.3 cm³/mol. The summed E-state index contributed by atoms with van der Waals surface area (Å²) in [6.07, 6.45) is 3.47. The fraction of sp³-hybridized carbons (Fsp3) is 0.333. The van der Waals surface area contributed by atoms with E-state index >= 15 is 0 Å². The average Bonchev–Trinajstić information content (AvgIpc) is 3.01. The van der Waals surface area contributed by atoms with Crippen molar-refractivity contribution in [3.8, 4) is 0 Å². The third-order valence-corrected chi connectivity index (χ3v) is 4.74. The Hall–Kier alpha value is -1.65. The molecule has 2 saturated heterocycles. The minimum atomic E-state index is -0.669. The lowest BCUT2D eigenvalue weighted by Gasteiger charge is -2.24. The van der Waals surface area contributed by atoms with E-state index in [0.717, 1.165) is 0 Å². The maximum Gasteiger partial charge on any atom is 0.241 e. The van der Waals surface area contributed by atoms with Gasteiger partial charge < -0.3 is 4.74 Å². The average molecular weight is 290 g/mol. The van der Waals surface area contributed by atoms with Crippen molar-refractivity contribution in [2.75, 3.05) is 4.90 Å². The van der Waals surface area contributed by atoms with Crippen molar-refractivity contribution in [3.05, 3.63) is 41.4 Å². The van der Waals surface area contributed by atoms with Gasteiger partial charge in [0.15, 0.2) is 0 Å². The number of anilines is 1. The van der Waals surface area contributed by atoms with Gasteiger partial charge in [-0.25, -0.2) is 4.90 Å². The lowest BCUT2D eigenvalue weighted by molar-refractivity contribution is -0.126. The Morgan fingerprint density at radius 3 is 2.70 bits per heavy atom. The molecule has 1 aromatic carbocycles. The number of ether oxygens (including phenoxy) is 1. The summed E-state index contributed by atoms with van der Waals surface area (Å²) < 4.78 is 5.77. The van der Waals surface area contributed by atoms with Gasteiger partial charge in [-0.05, 0) is 19.1 Å². The Morgan fingerprint density at radius 1 is 1.25 bits per heavy atom. The summed E-state index contributed by atoms with van der Waals surface area (Å²) >= 11 is 6.12. The van der Waals surface area contributed by atoms with Gasteiger partial charge in [-0.15, -0.1) is 0 Å². The van der Waals surface area contributed by atoms with E-state index in [-0.39, 0.29) is 17.9 Å². The molecule has 4 nitrogen and oxygen atoms in total. The molecule has 2 bridgehead atoms. The lowest BCUT2D eigenvalue weighted by atomic mass is 9.78. The molecule has 3 aliphatic heterocycles. The number of imide groups is 1. The second-order valence-corrected chi connectivity index (χ2v) is 6.00. The molecule has 1 aromatic rings. The van der Waals surface area contributed by atoms with E-state index < -0.39 is 17.4 Å². The standard InChI is InChI=1S/C15H12ClNO3/c1-15-7-6-10(20-15)11-12(15)14(19)17(13(11)18)9-5-3-2-4-8(9)16/h2-7,10-12H,1H3/t10-,11+,12+,15+/m0/s1. The zero-order valence-corrected chi connectivity index (χ0v) is 11.5. The van der Waals surface area contributed by atoms with E-state index in [4.69, 9.17) is 16.3 Å². The van der Waals surface area contributed by atoms with Crippen LogP contribution in [0.5, 0.6) is 0 Å². The summed E-state index contributed by atoms with van der Waals surface area (Å²) in [5.41, 5.74) is -0.209. The Morgan fingerprint density at radius 2 is 2.00 bits per heavy atom. The largest absolute Gasteiger partial charge is 0.362 e. The van der Waals surface area contributed by atoms with Crippen molar-refractivity contribution in [1.82, 2.24) is 0 Å². The van der Waals surface area contributed by atoms with Crippen LogP contribution in [0.15, 0.2) is 36.4 Å². The number of hydrogen-bond acceptors (Lipinski definition) is 3. The van der Waals surface area contributed by atoms with Crippen molar-refractivity contribution in [2.45, 2.75) is 18.6 Å². The molecular weight excluding hydrogens is 278 g/mol. The topological polar surface area (TPSA) is 46.6 Å². The van der Waals surface area contributed by atoms with Gasteiger partial charge >= 0.3 is 0 Å². The molecule has 0 N–H and O–H groups in total. The second kappa shape index (κ2) is 3.71. The first-order valence-electron chi connectivity index (χ1n) is 6.52. The van der Waals surface area contributed by atoms with E-state index in [1.807, 2.05) is 19.1 Å². The zero-order chi connectivity index (χ0) is 14.1. The molecule has 0 aromatic heterocycles. The molecule has 0 saturated carbocycles. The SMILES string of the molecule is C[C@]12C=C[C@H](O1)[C@H]1C(=O)N(c3ccccc3Cl)C(=O)[C@@H]12. The highest BCUT2D eigenvalue weighted by Gasteiger charge is 2.66. The van der Waals surface area contributed by atoms with Crippen LogP contribution in [0.2, 0.25) is 5.02 Å². The van der Waals surface area contributed by atoms with Crippen LogP contribution in [-0.4, -0.2) is 23.5 Å². The van der Waals surface area contributed by atoms with Crippen molar-refractivity contribution in [1.29, 1.82) is 0 Å². The number of carbonyl (C=O) groups is 2. The summed E-state index contributed by atoms with van der Waals surface area (Å²) in [5.74, 6) is -1.30. The van der Waals surface area contributed by atoms with E-state index in [2.05, 4.69) is 0 Å². The van der Waals surface area contributed by atoms with E-state index in [1.165, 1.54) is 4.90 Å². The van der Waals surface area contributed by atoms with Gasteiger partial charge in [-0.3, -0.25) is 9.59 Å². The lowest BCUT2D eigenvalue weighted by Crippen LogP contribution is -2.38. The van der Waals surface area contributed by atoms with Crippen LogP contribution in [-0.2, 0) is 14.3 Å². The third kappa shape index (κ3) is 1.30. The number of carbonyl (C=O) groups excluding carboxylic acids is 2. The van der Waals surface area contributed by atoms with Gasteiger partial charge in [0.25, 0.3) is 0 Å². The molecule has 0 spiro atoms. The van der Waals surface area contributed by atoms with Crippen LogP contribution >= 0.6 is 11.6 Å². The van der Waals surface area contributed by atoms with Crippen LogP contribution in [0, 0.1) is 11.8 Å². The highest BCUT2D eigenvalue weighted by Crippen LogP contribution is 2.52. The highest BCUT2D eigenvalue weighted by atomic mass is 35.5. The minimum absolute atomic E-state index is 0.217. The van der Waals surface area contributed by atoms with E-state index in [0.29, 0.717) is 10.7 Å². The number of para-hydroxylation sites is 1. The molecular formula is C15H12ClNO3. The Kier molecular flexibility index (Phi) is 2.25. The fourth-order valence-electron chi connectivity index (χ4n) is 3.52. The van der Waals surface area contributed by atoms with Crippen LogP contribution in [0.4, 0.5) is 5.69 Å². The first-order chi connectivity index (χ1) is 9.53. The molecule has 0 unspecified atom stereocenters. The smallest absolute Gasteiger partial charge is 0.241 e. The first kappa shape index (κ1) is 12.1. The van der Waals surface area contributed by atoms with Gasteiger partial charge in [-0.2, -0.15) is 0 Å². The quantitative estimate of drug-likeness (QED) is 0.588. The Bertz CT molecular complexity index is 671. The molecule has 0 radical (unpaired) electrons. The van der Waals surface area contributed by atoms with Gasteiger partial charge in [0.2, 0.25) is 11.8 Å². The van der Waals surface area contributed by atoms with Gasteiger partial charge in [0.05, 0.1) is 34.3 Å². The third-order valence-electron chi connectivity index (χ3n) is 4.42. The Labute approximate surface area is 121 Å². The molecule has 2 amide bonds. The molecule has 0 aliphatic carbocycles. The molecule has 5 heteroatoms. The zero-order valence-electron chi connectivity index (χ0n) is 10.7. The van der Waals surface area contributed by atoms with Crippen LogP contribution in [0.3, 0.4) is 0 Å². The normalized spacial score (nSPS) is 37.9. The van der Waals surface area contributed by atoms with Crippen molar-refractivity contribution < 1.29 is 14.3 Å². The van der Waals surface area contributed by atoms with Crippen LogP contribution < -0.4 is 4.90 Å². The molecule has 2 fully saturated rings. The van der Waals surface area contributed by atoms with E-state index in [1.54, 1.807) is 24.3 Å². The van der Waals surface area contributed by atoms with Crippen molar-refractivity contribution in [2.24, 2.45) is 11.8 Å². The monoisotopic (exact) mass is 289 g/mol. The molecule has 102 valence electrons. The van der Waals surface area contributed by atoms with Gasteiger partial charge in [0.1, 0.15) is 0 Å². The summed E-state index contributed by atoms with van der Waals surface area (Å²) in [6, 6.07) is 6.91. The number of amides is 2. The van der Waals surface area contributed by atoms with Crippen molar-refractivity contribution >= 4 is 29.1 Å². The number of halogens is 1. The molecule has 4 rings (SSSR count). The fourth-order valence-corrected chi connectivity index (χ4v) is 3.74. The maximum absolute atomic E-state index is 12.7. The molecule has 4 atom stereocenters. The molecule has 3 aliphatic rings.